The number of para-hydroxylation sites is 1. The van der Waals surface area contributed by atoms with Crippen molar-refractivity contribution < 1.29 is 4.79 Å². The molecule has 1 amide bonds. The summed E-state index contributed by atoms with van der Waals surface area (Å²) in [5.41, 5.74) is 1.78. The lowest BCUT2D eigenvalue weighted by molar-refractivity contribution is -0.121. The highest BCUT2D eigenvalue weighted by molar-refractivity contribution is 6.31. The number of amides is 1. The van der Waals surface area contributed by atoms with E-state index in [-0.39, 0.29) is 5.91 Å². The van der Waals surface area contributed by atoms with Gasteiger partial charge in [-0.15, -0.1) is 0 Å². The number of carbonyl (C=O) groups excluding carboxylic acids is 1. The number of nitrogens with one attached hydrogen (secondary N) is 2. The van der Waals surface area contributed by atoms with Crippen LogP contribution in [0.5, 0.6) is 0 Å². The van der Waals surface area contributed by atoms with Gasteiger partial charge in [0, 0.05) is 29.9 Å². The number of carbonyl (C=O) groups is 1. The van der Waals surface area contributed by atoms with Gasteiger partial charge in [-0.05, 0) is 23.8 Å². The van der Waals surface area contributed by atoms with E-state index in [2.05, 4.69) is 20.6 Å². The molecule has 122 valence electrons. The summed E-state index contributed by atoms with van der Waals surface area (Å²) in [6.07, 6.45) is 1.87. The number of nitrogens with zero attached hydrogens (tertiary/aromatic N) is 2. The first kappa shape index (κ1) is 16.2. The van der Waals surface area contributed by atoms with Crippen LogP contribution in [0.15, 0.2) is 54.9 Å². The summed E-state index contributed by atoms with van der Waals surface area (Å²) >= 11 is 6.07. The van der Waals surface area contributed by atoms with Crippen LogP contribution in [0.3, 0.4) is 0 Å². The monoisotopic (exact) mass is 340 g/mol. The van der Waals surface area contributed by atoms with E-state index in [0.29, 0.717) is 24.5 Å². The van der Waals surface area contributed by atoms with Gasteiger partial charge in [-0.1, -0.05) is 41.9 Å². The van der Waals surface area contributed by atoms with E-state index in [1.54, 1.807) is 0 Å². The fourth-order valence-electron chi connectivity index (χ4n) is 2.36. The Morgan fingerprint density at radius 3 is 2.71 bits per heavy atom. The fraction of sp³-hybridized carbons (Fsp3) is 0.167. The molecule has 0 aliphatic heterocycles. The summed E-state index contributed by atoms with van der Waals surface area (Å²) < 4.78 is 0. The average Bonchev–Trinajstić information content (AvgIpc) is 2.61. The molecule has 2 N–H and O–H groups in total. The number of hydrogen-bond donors (Lipinski definition) is 2. The Kier molecular flexibility index (Phi) is 5.23. The van der Waals surface area contributed by atoms with Crippen LogP contribution in [-0.2, 0) is 11.3 Å². The molecule has 0 saturated heterocycles. The van der Waals surface area contributed by atoms with Gasteiger partial charge < -0.3 is 10.6 Å². The second kappa shape index (κ2) is 7.75. The van der Waals surface area contributed by atoms with Gasteiger partial charge in [0.25, 0.3) is 0 Å². The summed E-state index contributed by atoms with van der Waals surface area (Å²) in [5.74, 6) is 0.695. The highest BCUT2D eigenvalue weighted by Crippen LogP contribution is 2.18. The maximum absolute atomic E-state index is 12.0. The standard InChI is InChI=1S/C18H17ClN4O/c19-15-7-3-1-5-13(15)11-21-17(24)9-10-20-18-14-6-2-4-8-16(14)22-12-23-18/h1-8,12H,9-11H2,(H,21,24)(H,20,22,23). The number of aromatic nitrogens is 2. The molecular formula is C18H17ClN4O. The highest BCUT2D eigenvalue weighted by atomic mass is 35.5. The zero-order valence-corrected chi connectivity index (χ0v) is 13.8. The molecular weight excluding hydrogens is 324 g/mol. The van der Waals surface area contributed by atoms with Gasteiger partial charge in [0.1, 0.15) is 12.1 Å². The largest absolute Gasteiger partial charge is 0.369 e. The molecule has 0 atom stereocenters. The molecule has 0 fully saturated rings. The zero-order valence-electron chi connectivity index (χ0n) is 13.0. The summed E-state index contributed by atoms with van der Waals surface area (Å²) in [4.78, 5) is 20.4. The number of rotatable bonds is 6. The number of fused-ring (bicyclic) bond motifs is 1. The van der Waals surface area contributed by atoms with Crippen LogP contribution in [-0.4, -0.2) is 22.4 Å². The Labute approximate surface area is 145 Å². The Hall–Kier alpha value is -2.66. The van der Waals surface area contributed by atoms with Crippen LogP contribution in [0.2, 0.25) is 5.02 Å². The van der Waals surface area contributed by atoms with Gasteiger partial charge in [-0.25, -0.2) is 9.97 Å². The van der Waals surface area contributed by atoms with Crippen molar-refractivity contribution in [3.8, 4) is 0 Å². The van der Waals surface area contributed by atoms with Gasteiger partial charge in [0.05, 0.1) is 5.52 Å². The van der Waals surface area contributed by atoms with Gasteiger partial charge in [-0.2, -0.15) is 0 Å². The molecule has 0 aliphatic rings. The van der Waals surface area contributed by atoms with E-state index in [9.17, 15) is 4.79 Å². The van der Waals surface area contributed by atoms with Gasteiger partial charge >= 0.3 is 0 Å². The first-order valence-electron chi connectivity index (χ1n) is 7.68. The molecule has 2 aromatic carbocycles. The Morgan fingerprint density at radius 1 is 1.04 bits per heavy atom. The SMILES string of the molecule is O=C(CCNc1ncnc2ccccc12)NCc1ccccc1Cl. The maximum atomic E-state index is 12.0. The molecule has 0 radical (unpaired) electrons. The number of halogens is 1. The third-order valence-corrected chi connectivity index (χ3v) is 3.99. The number of anilines is 1. The predicted octanol–water partition coefficient (Wildman–Crippen LogP) is 3.40. The van der Waals surface area contributed by atoms with Crippen LogP contribution in [0.1, 0.15) is 12.0 Å². The molecule has 3 rings (SSSR count). The Bertz CT molecular complexity index is 848. The van der Waals surface area contributed by atoms with E-state index >= 15 is 0 Å². The fourth-order valence-corrected chi connectivity index (χ4v) is 2.57. The first-order valence-corrected chi connectivity index (χ1v) is 8.05. The highest BCUT2D eigenvalue weighted by Gasteiger charge is 2.05. The van der Waals surface area contributed by atoms with Crippen molar-refractivity contribution in [3.05, 3.63) is 65.4 Å². The lowest BCUT2D eigenvalue weighted by Crippen LogP contribution is -2.25. The van der Waals surface area contributed by atoms with Gasteiger partial charge in [-0.3, -0.25) is 4.79 Å². The third-order valence-electron chi connectivity index (χ3n) is 3.62. The minimum absolute atomic E-state index is 0.0409. The van der Waals surface area contributed by atoms with Crippen LogP contribution >= 0.6 is 11.6 Å². The maximum Gasteiger partial charge on any atom is 0.222 e. The first-order chi connectivity index (χ1) is 11.7. The molecule has 1 heterocycles. The van der Waals surface area contributed by atoms with Crippen molar-refractivity contribution in [1.82, 2.24) is 15.3 Å². The summed E-state index contributed by atoms with van der Waals surface area (Å²) in [7, 11) is 0. The smallest absolute Gasteiger partial charge is 0.222 e. The Balaban J connectivity index is 1.51. The van der Waals surface area contributed by atoms with E-state index in [1.165, 1.54) is 6.33 Å². The molecule has 0 unspecified atom stereocenters. The molecule has 0 spiro atoms. The zero-order chi connectivity index (χ0) is 16.8. The lowest BCUT2D eigenvalue weighted by Gasteiger charge is -2.09. The van der Waals surface area contributed by atoms with Crippen molar-refractivity contribution in [2.45, 2.75) is 13.0 Å². The minimum Gasteiger partial charge on any atom is -0.369 e. The number of benzene rings is 2. The summed E-state index contributed by atoms with van der Waals surface area (Å²) in [5, 5.41) is 7.65. The number of hydrogen-bond acceptors (Lipinski definition) is 4. The third kappa shape index (κ3) is 4.00. The van der Waals surface area contributed by atoms with Crippen LogP contribution in [0.25, 0.3) is 10.9 Å². The molecule has 5 nitrogen and oxygen atoms in total. The second-order valence-electron chi connectivity index (χ2n) is 5.28. The molecule has 0 aliphatic carbocycles. The topological polar surface area (TPSA) is 66.9 Å². The van der Waals surface area contributed by atoms with Gasteiger partial charge in [0.2, 0.25) is 5.91 Å². The second-order valence-corrected chi connectivity index (χ2v) is 5.69. The van der Waals surface area contributed by atoms with Crippen molar-refractivity contribution in [2.24, 2.45) is 0 Å². The minimum atomic E-state index is -0.0409. The van der Waals surface area contributed by atoms with Crippen LogP contribution < -0.4 is 10.6 Å². The van der Waals surface area contributed by atoms with E-state index in [1.807, 2.05) is 48.5 Å². The van der Waals surface area contributed by atoms with E-state index in [4.69, 9.17) is 11.6 Å². The summed E-state index contributed by atoms with van der Waals surface area (Å²) in [6, 6.07) is 15.2. The molecule has 24 heavy (non-hydrogen) atoms. The van der Waals surface area contributed by atoms with Crippen molar-refractivity contribution in [3.63, 3.8) is 0 Å². The van der Waals surface area contributed by atoms with Crippen molar-refractivity contribution in [1.29, 1.82) is 0 Å². The van der Waals surface area contributed by atoms with Crippen molar-refractivity contribution in [2.75, 3.05) is 11.9 Å². The molecule has 0 saturated carbocycles. The van der Waals surface area contributed by atoms with E-state index < -0.39 is 0 Å². The van der Waals surface area contributed by atoms with E-state index in [0.717, 1.165) is 22.3 Å². The predicted molar refractivity (Wildman–Crippen MR) is 95.9 cm³/mol. The van der Waals surface area contributed by atoms with Crippen molar-refractivity contribution >= 4 is 34.2 Å². The Morgan fingerprint density at radius 2 is 1.83 bits per heavy atom. The average molecular weight is 341 g/mol. The quantitative estimate of drug-likeness (QED) is 0.721. The normalized spacial score (nSPS) is 10.5. The summed E-state index contributed by atoms with van der Waals surface area (Å²) in [6.45, 7) is 0.921. The molecule has 6 heteroatoms. The molecule has 0 bridgehead atoms. The van der Waals surface area contributed by atoms with Crippen LogP contribution in [0.4, 0.5) is 5.82 Å². The van der Waals surface area contributed by atoms with Crippen LogP contribution in [0, 0.1) is 0 Å². The van der Waals surface area contributed by atoms with Gasteiger partial charge in [0.15, 0.2) is 0 Å². The molecule has 1 aromatic heterocycles. The molecule has 3 aromatic rings. The lowest BCUT2D eigenvalue weighted by atomic mass is 10.2.